The molecule has 33 heavy (non-hydrogen) atoms. The molecule has 0 aliphatic rings. The fourth-order valence-corrected chi connectivity index (χ4v) is 4.31. The predicted octanol–water partition coefficient (Wildman–Crippen LogP) is 3.59. The third-order valence-corrected chi connectivity index (χ3v) is 6.16. The Hall–Kier alpha value is -3.53. The molecule has 0 fully saturated rings. The van der Waals surface area contributed by atoms with Gasteiger partial charge in [-0.05, 0) is 30.7 Å². The number of unbranched alkanes of at least 4 members (excludes halogenated alkanes) is 1. The maximum Gasteiger partial charge on any atom is 0.262 e. The molecule has 2 heterocycles. The Morgan fingerprint density at radius 2 is 1.94 bits per heavy atom. The number of amides is 1. The van der Waals surface area contributed by atoms with Crippen LogP contribution in [-0.4, -0.2) is 45.0 Å². The van der Waals surface area contributed by atoms with Gasteiger partial charge in [-0.25, -0.2) is 0 Å². The standard InChI is InChI=1S/C23H25N5O4S/c1-4-5-12-27-21(30)16-8-6-7-9-18(16)28-22(27)25-26-23(28)33-14-20(29)24-17-13-15(31-2)10-11-19(17)32-3/h6-11,13H,4-5,12,14H2,1-3H3,(H,24,29). The van der Waals surface area contributed by atoms with Gasteiger partial charge in [0.25, 0.3) is 5.56 Å². The highest BCUT2D eigenvalue weighted by Gasteiger charge is 2.18. The summed E-state index contributed by atoms with van der Waals surface area (Å²) in [6.45, 7) is 2.63. The lowest BCUT2D eigenvalue weighted by molar-refractivity contribution is -0.113. The van der Waals surface area contributed by atoms with E-state index in [-0.39, 0.29) is 17.2 Å². The smallest absolute Gasteiger partial charge is 0.262 e. The first-order valence-corrected chi connectivity index (χ1v) is 11.6. The molecule has 10 heteroatoms. The number of benzene rings is 2. The number of nitrogens with zero attached hydrogens (tertiary/aromatic N) is 4. The molecular formula is C23H25N5O4S. The van der Waals surface area contributed by atoms with Crippen LogP contribution in [0.1, 0.15) is 19.8 Å². The molecule has 0 aliphatic carbocycles. The first kappa shape index (κ1) is 22.7. The van der Waals surface area contributed by atoms with Gasteiger partial charge in [-0.2, -0.15) is 0 Å². The molecule has 0 aliphatic heterocycles. The quantitative estimate of drug-likeness (QED) is 0.376. The monoisotopic (exact) mass is 467 g/mol. The third-order valence-electron chi connectivity index (χ3n) is 5.23. The highest BCUT2D eigenvalue weighted by atomic mass is 32.2. The second kappa shape index (κ2) is 9.95. The summed E-state index contributed by atoms with van der Waals surface area (Å²) in [6.07, 6.45) is 1.81. The van der Waals surface area contributed by atoms with Crippen molar-refractivity contribution < 1.29 is 14.3 Å². The van der Waals surface area contributed by atoms with Crippen molar-refractivity contribution in [1.29, 1.82) is 0 Å². The van der Waals surface area contributed by atoms with Crippen LogP contribution >= 0.6 is 11.8 Å². The van der Waals surface area contributed by atoms with Crippen molar-refractivity contribution >= 4 is 40.0 Å². The zero-order chi connectivity index (χ0) is 23.4. The van der Waals surface area contributed by atoms with Crippen LogP contribution in [0.15, 0.2) is 52.4 Å². The topological polar surface area (TPSA) is 99.8 Å². The van der Waals surface area contributed by atoms with Crippen molar-refractivity contribution in [3.05, 3.63) is 52.8 Å². The Morgan fingerprint density at radius 1 is 1.12 bits per heavy atom. The Labute approximate surface area is 194 Å². The van der Waals surface area contributed by atoms with E-state index in [0.29, 0.717) is 45.6 Å². The van der Waals surface area contributed by atoms with Gasteiger partial charge < -0.3 is 14.8 Å². The number of thioether (sulfide) groups is 1. The molecule has 4 aromatic rings. The van der Waals surface area contributed by atoms with Crippen LogP contribution in [0, 0.1) is 0 Å². The molecular weight excluding hydrogens is 442 g/mol. The summed E-state index contributed by atoms with van der Waals surface area (Å²) in [5.41, 5.74) is 1.15. The number of aromatic nitrogens is 4. The van der Waals surface area contributed by atoms with Gasteiger partial charge in [0.05, 0.1) is 36.6 Å². The average molecular weight is 468 g/mol. The number of rotatable bonds is 9. The summed E-state index contributed by atoms with van der Waals surface area (Å²) >= 11 is 1.25. The second-order valence-corrected chi connectivity index (χ2v) is 8.29. The number of carbonyl (C=O) groups excluding carboxylic acids is 1. The number of ether oxygens (including phenoxy) is 2. The van der Waals surface area contributed by atoms with Crippen LogP contribution in [0.2, 0.25) is 0 Å². The van der Waals surface area contributed by atoms with E-state index >= 15 is 0 Å². The normalized spacial score (nSPS) is 11.1. The fraction of sp³-hybridized carbons (Fsp3) is 0.304. The molecule has 0 radical (unpaired) electrons. The lowest BCUT2D eigenvalue weighted by Crippen LogP contribution is -2.23. The van der Waals surface area contributed by atoms with E-state index in [0.717, 1.165) is 12.8 Å². The number of carbonyl (C=O) groups is 1. The molecule has 0 saturated carbocycles. The van der Waals surface area contributed by atoms with Crippen LogP contribution in [0.25, 0.3) is 16.7 Å². The highest BCUT2D eigenvalue weighted by molar-refractivity contribution is 7.99. The van der Waals surface area contributed by atoms with Crippen molar-refractivity contribution in [3.8, 4) is 11.5 Å². The van der Waals surface area contributed by atoms with E-state index in [1.54, 1.807) is 35.9 Å². The fourth-order valence-electron chi connectivity index (χ4n) is 3.57. The zero-order valence-electron chi connectivity index (χ0n) is 18.7. The van der Waals surface area contributed by atoms with Gasteiger partial charge in [0, 0.05) is 12.6 Å². The number of methoxy groups -OCH3 is 2. The summed E-state index contributed by atoms with van der Waals surface area (Å²) in [5.74, 6) is 1.49. The maximum absolute atomic E-state index is 13.0. The third kappa shape index (κ3) is 4.51. The van der Waals surface area contributed by atoms with Gasteiger partial charge >= 0.3 is 0 Å². The largest absolute Gasteiger partial charge is 0.497 e. The SMILES string of the molecule is CCCCn1c(=O)c2ccccc2n2c(SCC(=O)Nc3cc(OC)ccc3OC)nnc12. The Morgan fingerprint density at radius 3 is 2.70 bits per heavy atom. The summed E-state index contributed by atoms with van der Waals surface area (Å²) in [7, 11) is 3.10. The molecule has 0 unspecified atom stereocenters. The molecule has 1 N–H and O–H groups in total. The minimum absolute atomic E-state index is 0.0848. The van der Waals surface area contributed by atoms with Crippen molar-refractivity contribution in [2.45, 2.75) is 31.5 Å². The van der Waals surface area contributed by atoms with E-state index in [4.69, 9.17) is 9.47 Å². The van der Waals surface area contributed by atoms with Gasteiger partial charge in [-0.15, -0.1) is 10.2 Å². The van der Waals surface area contributed by atoms with Gasteiger partial charge in [-0.1, -0.05) is 37.2 Å². The molecule has 4 rings (SSSR count). The Balaban J connectivity index is 1.63. The Bertz CT molecular complexity index is 1360. The summed E-state index contributed by atoms with van der Waals surface area (Å²) in [5, 5.41) is 12.6. The molecule has 0 saturated heterocycles. The minimum Gasteiger partial charge on any atom is -0.497 e. The van der Waals surface area contributed by atoms with Gasteiger partial charge in [-0.3, -0.25) is 18.6 Å². The van der Waals surface area contributed by atoms with E-state index in [1.807, 2.05) is 22.6 Å². The van der Waals surface area contributed by atoms with Crippen LogP contribution in [0.3, 0.4) is 0 Å². The number of nitrogens with one attached hydrogen (secondary N) is 1. The van der Waals surface area contributed by atoms with Crippen molar-refractivity contribution in [2.24, 2.45) is 0 Å². The van der Waals surface area contributed by atoms with Gasteiger partial charge in [0.15, 0.2) is 5.16 Å². The summed E-state index contributed by atoms with van der Waals surface area (Å²) in [6, 6.07) is 12.6. The van der Waals surface area contributed by atoms with E-state index in [9.17, 15) is 9.59 Å². The Kier molecular flexibility index (Phi) is 6.83. The number of hydrogen-bond acceptors (Lipinski definition) is 7. The minimum atomic E-state index is -0.230. The number of aryl methyl sites for hydroxylation is 1. The molecule has 2 aromatic carbocycles. The molecule has 172 valence electrons. The van der Waals surface area contributed by atoms with E-state index in [2.05, 4.69) is 22.4 Å². The molecule has 1 amide bonds. The van der Waals surface area contributed by atoms with Crippen molar-refractivity contribution in [1.82, 2.24) is 19.2 Å². The highest BCUT2D eigenvalue weighted by Crippen LogP contribution is 2.29. The summed E-state index contributed by atoms with van der Waals surface area (Å²) in [4.78, 5) is 25.7. The first-order chi connectivity index (χ1) is 16.1. The molecule has 2 aromatic heterocycles. The lowest BCUT2D eigenvalue weighted by atomic mass is 10.2. The first-order valence-electron chi connectivity index (χ1n) is 10.6. The molecule has 9 nitrogen and oxygen atoms in total. The van der Waals surface area contributed by atoms with Crippen LogP contribution in [0.4, 0.5) is 5.69 Å². The lowest BCUT2D eigenvalue weighted by Gasteiger charge is -2.12. The molecule has 0 spiro atoms. The van der Waals surface area contributed by atoms with E-state index in [1.165, 1.54) is 18.9 Å². The van der Waals surface area contributed by atoms with Crippen LogP contribution in [0.5, 0.6) is 11.5 Å². The number of hydrogen-bond donors (Lipinski definition) is 1. The van der Waals surface area contributed by atoms with Gasteiger partial charge in [0.2, 0.25) is 11.7 Å². The maximum atomic E-state index is 13.0. The summed E-state index contributed by atoms with van der Waals surface area (Å²) < 4.78 is 14.1. The average Bonchev–Trinajstić information content (AvgIpc) is 3.26. The number of fused-ring (bicyclic) bond motifs is 3. The second-order valence-electron chi connectivity index (χ2n) is 7.35. The molecule has 0 atom stereocenters. The van der Waals surface area contributed by atoms with E-state index < -0.39 is 0 Å². The predicted molar refractivity (Wildman–Crippen MR) is 129 cm³/mol. The molecule has 0 bridgehead atoms. The van der Waals surface area contributed by atoms with Crippen LogP contribution in [-0.2, 0) is 11.3 Å². The van der Waals surface area contributed by atoms with Crippen molar-refractivity contribution in [3.63, 3.8) is 0 Å². The number of anilines is 1. The van der Waals surface area contributed by atoms with Gasteiger partial charge in [0.1, 0.15) is 11.5 Å². The number of para-hydroxylation sites is 1. The van der Waals surface area contributed by atoms with Crippen LogP contribution < -0.4 is 20.3 Å². The van der Waals surface area contributed by atoms with Crippen molar-refractivity contribution in [2.75, 3.05) is 25.3 Å². The zero-order valence-corrected chi connectivity index (χ0v) is 19.5.